The maximum Gasteiger partial charge on any atom is 0.189 e. The molecule has 0 radical (unpaired) electrons. The zero-order valence-electron chi connectivity index (χ0n) is 14.4. The molecule has 4 aliphatic rings. The molecule has 2 saturated carbocycles. The second kappa shape index (κ2) is 4.56. The van der Waals surface area contributed by atoms with Crippen LogP contribution in [0, 0.1) is 22.7 Å². The first-order valence-electron chi connectivity index (χ1n) is 9.01. The average Bonchev–Trinajstić information content (AvgIpc) is 2.71. The molecule has 0 aromatic carbocycles. The highest BCUT2D eigenvalue weighted by atomic mass is 19.1. The van der Waals surface area contributed by atoms with Crippen LogP contribution in [0.3, 0.4) is 0 Å². The second-order valence-corrected chi connectivity index (χ2v) is 8.92. The third-order valence-corrected chi connectivity index (χ3v) is 7.91. The number of halogens is 1. The molecule has 126 valence electrons. The van der Waals surface area contributed by atoms with Gasteiger partial charge in [0, 0.05) is 10.8 Å². The Morgan fingerprint density at radius 2 is 2.00 bits per heavy atom. The Morgan fingerprint density at radius 3 is 2.74 bits per heavy atom. The van der Waals surface area contributed by atoms with Crippen LogP contribution < -0.4 is 0 Å². The van der Waals surface area contributed by atoms with Crippen molar-refractivity contribution in [3.05, 3.63) is 23.3 Å². The van der Waals surface area contributed by atoms with Crippen LogP contribution in [0.1, 0.15) is 59.3 Å². The topological polar surface area (TPSA) is 37.3 Å². The molecule has 0 aromatic heterocycles. The number of fused-ring (bicyclic) bond motifs is 5. The molecule has 0 saturated heterocycles. The normalized spacial score (nSPS) is 52.2. The van der Waals surface area contributed by atoms with Crippen molar-refractivity contribution in [3.8, 4) is 0 Å². The van der Waals surface area contributed by atoms with E-state index >= 15 is 0 Å². The Kier molecular flexibility index (Phi) is 3.09. The van der Waals surface area contributed by atoms with Gasteiger partial charge >= 0.3 is 0 Å². The summed E-state index contributed by atoms with van der Waals surface area (Å²) in [6, 6.07) is 0. The molecule has 0 bridgehead atoms. The summed E-state index contributed by atoms with van der Waals surface area (Å²) in [7, 11) is 0. The van der Waals surface area contributed by atoms with Gasteiger partial charge in [0.2, 0.25) is 0 Å². The summed E-state index contributed by atoms with van der Waals surface area (Å²) >= 11 is 0. The minimum atomic E-state index is -1.36. The number of alkyl halides is 1. The van der Waals surface area contributed by atoms with E-state index in [0.29, 0.717) is 18.3 Å². The SMILES string of the molecule is C[C@]12C[C@@H](F)C(=O)C=C1CC[C@@H]1C2=CC[C@]2(C)[C@@H]1CC[C@]2(C)O. The number of ketones is 1. The van der Waals surface area contributed by atoms with Crippen molar-refractivity contribution in [1.82, 2.24) is 0 Å². The molecule has 2 fully saturated rings. The summed E-state index contributed by atoms with van der Waals surface area (Å²) in [6.07, 6.45) is 7.53. The van der Waals surface area contributed by atoms with Crippen molar-refractivity contribution in [2.45, 2.75) is 71.1 Å². The fourth-order valence-electron chi connectivity index (χ4n) is 6.11. The molecule has 1 N–H and O–H groups in total. The number of carbonyl (C=O) groups is 1. The van der Waals surface area contributed by atoms with Crippen molar-refractivity contribution < 1.29 is 14.3 Å². The van der Waals surface area contributed by atoms with E-state index in [2.05, 4.69) is 19.9 Å². The summed E-state index contributed by atoms with van der Waals surface area (Å²) in [5.41, 5.74) is 1.52. The lowest BCUT2D eigenvalue weighted by atomic mass is 9.51. The van der Waals surface area contributed by atoms with Gasteiger partial charge in [0.25, 0.3) is 0 Å². The maximum absolute atomic E-state index is 14.2. The van der Waals surface area contributed by atoms with Gasteiger partial charge in [-0.15, -0.1) is 0 Å². The van der Waals surface area contributed by atoms with Gasteiger partial charge in [-0.1, -0.05) is 31.1 Å². The van der Waals surface area contributed by atoms with E-state index in [1.807, 2.05) is 6.92 Å². The smallest absolute Gasteiger partial charge is 0.189 e. The van der Waals surface area contributed by atoms with Crippen molar-refractivity contribution in [1.29, 1.82) is 0 Å². The van der Waals surface area contributed by atoms with E-state index in [1.54, 1.807) is 6.08 Å². The summed E-state index contributed by atoms with van der Waals surface area (Å²) in [6.45, 7) is 6.35. The highest BCUT2D eigenvalue weighted by Gasteiger charge is 2.60. The highest BCUT2D eigenvalue weighted by Crippen LogP contribution is 2.65. The third kappa shape index (κ3) is 1.86. The number of aliphatic hydroxyl groups is 1. The number of hydrogen-bond acceptors (Lipinski definition) is 2. The largest absolute Gasteiger partial charge is 0.390 e. The molecular weight excluding hydrogens is 291 g/mol. The third-order valence-electron chi connectivity index (χ3n) is 7.91. The average molecular weight is 318 g/mol. The molecule has 0 heterocycles. The number of hydrogen-bond donors (Lipinski definition) is 1. The van der Waals surface area contributed by atoms with Crippen LogP contribution >= 0.6 is 0 Å². The van der Waals surface area contributed by atoms with Crippen molar-refractivity contribution in [3.63, 3.8) is 0 Å². The first-order valence-corrected chi connectivity index (χ1v) is 9.01. The molecule has 2 nitrogen and oxygen atoms in total. The summed E-state index contributed by atoms with van der Waals surface area (Å²) in [5.74, 6) is 0.567. The Hall–Kier alpha value is -0.960. The van der Waals surface area contributed by atoms with E-state index < -0.39 is 11.8 Å². The van der Waals surface area contributed by atoms with Crippen LogP contribution in [-0.4, -0.2) is 22.7 Å². The molecule has 3 heteroatoms. The van der Waals surface area contributed by atoms with E-state index in [0.717, 1.165) is 37.7 Å². The van der Waals surface area contributed by atoms with Gasteiger partial charge in [-0.05, 0) is 63.4 Å². The van der Waals surface area contributed by atoms with Gasteiger partial charge in [0.1, 0.15) is 0 Å². The second-order valence-electron chi connectivity index (χ2n) is 8.92. The van der Waals surface area contributed by atoms with Gasteiger partial charge in [-0.2, -0.15) is 0 Å². The summed E-state index contributed by atoms with van der Waals surface area (Å²) in [4.78, 5) is 11.8. The van der Waals surface area contributed by atoms with E-state index in [1.165, 1.54) is 5.57 Å². The first kappa shape index (κ1) is 15.6. The van der Waals surface area contributed by atoms with E-state index in [-0.39, 0.29) is 16.6 Å². The number of allylic oxidation sites excluding steroid dienone is 4. The number of rotatable bonds is 0. The van der Waals surface area contributed by atoms with E-state index in [9.17, 15) is 14.3 Å². The molecule has 23 heavy (non-hydrogen) atoms. The van der Waals surface area contributed by atoms with Gasteiger partial charge in [-0.25, -0.2) is 4.39 Å². The minimum Gasteiger partial charge on any atom is -0.390 e. The fourth-order valence-corrected chi connectivity index (χ4v) is 6.11. The monoisotopic (exact) mass is 318 g/mol. The van der Waals surface area contributed by atoms with Crippen LogP contribution in [0.25, 0.3) is 0 Å². The molecule has 0 spiro atoms. The number of carbonyl (C=O) groups excluding carboxylic acids is 1. The summed E-state index contributed by atoms with van der Waals surface area (Å²) in [5, 5.41) is 10.9. The molecule has 4 aliphatic carbocycles. The van der Waals surface area contributed by atoms with Crippen molar-refractivity contribution in [2.24, 2.45) is 22.7 Å². The predicted molar refractivity (Wildman–Crippen MR) is 87.6 cm³/mol. The fraction of sp³-hybridized carbons (Fsp3) is 0.750. The van der Waals surface area contributed by atoms with Crippen molar-refractivity contribution in [2.75, 3.05) is 0 Å². The molecule has 0 unspecified atom stereocenters. The lowest BCUT2D eigenvalue weighted by molar-refractivity contribution is -0.121. The molecule has 0 aromatic rings. The minimum absolute atomic E-state index is 0.0711. The molecule has 0 aliphatic heterocycles. The Morgan fingerprint density at radius 1 is 1.26 bits per heavy atom. The van der Waals surface area contributed by atoms with Crippen LogP contribution in [0.15, 0.2) is 23.3 Å². The first-order chi connectivity index (χ1) is 10.7. The lowest BCUT2D eigenvalue weighted by Crippen LogP contribution is -2.50. The van der Waals surface area contributed by atoms with Crippen LogP contribution in [-0.2, 0) is 4.79 Å². The van der Waals surface area contributed by atoms with Crippen molar-refractivity contribution >= 4 is 5.78 Å². The van der Waals surface area contributed by atoms with Gasteiger partial charge in [-0.3, -0.25) is 4.79 Å². The summed E-state index contributed by atoms with van der Waals surface area (Å²) < 4.78 is 14.2. The van der Waals surface area contributed by atoms with Gasteiger partial charge in [0.05, 0.1) is 5.60 Å². The Labute approximate surface area is 137 Å². The van der Waals surface area contributed by atoms with Crippen LogP contribution in [0.2, 0.25) is 0 Å². The van der Waals surface area contributed by atoms with Crippen LogP contribution in [0.5, 0.6) is 0 Å². The maximum atomic E-state index is 14.2. The standard InChI is InChI=1S/C20H27FO2/c1-18-11-16(21)17(22)10-12(18)4-5-13-14(18)6-8-19(2)15(13)7-9-20(19,3)23/h6,10,13,15-16,23H,4-5,7-9,11H2,1-3H3/t13-,15-,16-,18+,19-,20+/m1/s1. The molecule has 6 atom stereocenters. The quantitative estimate of drug-likeness (QED) is 0.682. The Balaban J connectivity index is 1.78. The predicted octanol–water partition coefficient (Wildman–Crippen LogP) is 4.14. The Bertz CT molecular complexity index is 632. The van der Waals surface area contributed by atoms with Crippen LogP contribution in [0.4, 0.5) is 4.39 Å². The lowest BCUT2D eigenvalue weighted by Gasteiger charge is -2.54. The molecular formula is C20H27FO2. The zero-order valence-corrected chi connectivity index (χ0v) is 14.4. The van der Waals surface area contributed by atoms with Gasteiger partial charge < -0.3 is 5.11 Å². The van der Waals surface area contributed by atoms with E-state index in [4.69, 9.17) is 0 Å². The highest BCUT2D eigenvalue weighted by molar-refractivity contribution is 5.95. The zero-order chi connectivity index (χ0) is 16.6. The molecule has 0 amide bonds. The van der Waals surface area contributed by atoms with Gasteiger partial charge in [0.15, 0.2) is 12.0 Å². The molecule has 4 rings (SSSR count).